The van der Waals surface area contributed by atoms with Crippen molar-refractivity contribution in [2.75, 3.05) is 6.61 Å². The maximum atomic E-state index is 5.98. The molecule has 37 heavy (non-hydrogen) atoms. The second-order valence-corrected chi connectivity index (χ2v) is 11.1. The van der Waals surface area contributed by atoms with Gasteiger partial charge in [-0.05, 0) is 96.7 Å². The maximum Gasteiger partial charge on any atom is 0.119 e. The van der Waals surface area contributed by atoms with Gasteiger partial charge in [-0.3, -0.25) is 0 Å². The van der Waals surface area contributed by atoms with E-state index in [4.69, 9.17) is 4.74 Å². The summed E-state index contributed by atoms with van der Waals surface area (Å²) in [6, 6.07) is 21.9. The number of ether oxygens (including phenoxy) is 1. The van der Waals surface area contributed by atoms with Gasteiger partial charge in [0.25, 0.3) is 0 Å². The summed E-state index contributed by atoms with van der Waals surface area (Å²) in [4.78, 5) is 0. The zero-order chi connectivity index (χ0) is 25.7. The Balaban J connectivity index is 1.28. The van der Waals surface area contributed by atoms with E-state index in [1.165, 1.54) is 93.4 Å². The van der Waals surface area contributed by atoms with Gasteiger partial charge in [-0.25, -0.2) is 0 Å². The van der Waals surface area contributed by atoms with Crippen LogP contribution in [0.25, 0.3) is 10.8 Å². The summed E-state index contributed by atoms with van der Waals surface area (Å²) in [7, 11) is 0. The molecule has 3 aromatic carbocycles. The van der Waals surface area contributed by atoms with E-state index in [2.05, 4.69) is 86.4 Å². The predicted molar refractivity (Wildman–Crippen MR) is 159 cm³/mol. The van der Waals surface area contributed by atoms with Crippen molar-refractivity contribution in [1.29, 1.82) is 0 Å². The van der Waals surface area contributed by atoms with Gasteiger partial charge < -0.3 is 4.74 Å². The van der Waals surface area contributed by atoms with E-state index in [1.807, 2.05) is 0 Å². The zero-order valence-electron chi connectivity index (χ0n) is 23.2. The third kappa shape index (κ3) is 8.67. The minimum atomic E-state index is 0.736. The fourth-order valence-electron chi connectivity index (χ4n) is 5.74. The van der Waals surface area contributed by atoms with Crippen LogP contribution in [0.2, 0.25) is 0 Å². The van der Waals surface area contributed by atoms with Crippen molar-refractivity contribution < 1.29 is 4.74 Å². The molecule has 1 aliphatic carbocycles. The molecule has 0 aliphatic heterocycles. The van der Waals surface area contributed by atoms with E-state index < -0.39 is 0 Å². The first-order chi connectivity index (χ1) is 18.2. The molecule has 0 radical (unpaired) electrons. The molecule has 0 unspecified atom stereocenters. The number of hydrogen-bond donors (Lipinski definition) is 0. The molecular weight excluding hydrogens is 448 g/mol. The third-order valence-electron chi connectivity index (χ3n) is 8.12. The van der Waals surface area contributed by atoms with Gasteiger partial charge in [0.05, 0.1) is 6.61 Å². The van der Waals surface area contributed by atoms with Gasteiger partial charge in [0.15, 0.2) is 0 Å². The molecule has 1 fully saturated rings. The smallest absolute Gasteiger partial charge is 0.119 e. The third-order valence-corrected chi connectivity index (χ3v) is 8.12. The first-order valence-electron chi connectivity index (χ1n) is 15.0. The van der Waals surface area contributed by atoms with Gasteiger partial charge >= 0.3 is 0 Å². The molecular formula is C36H46O. The summed E-state index contributed by atoms with van der Waals surface area (Å²) >= 11 is 0. The van der Waals surface area contributed by atoms with E-state index in [9.17, 15) is 0 Å². The van der Waals surface area contributed by atoms with Crippen LogP contribution < -0.4 is 4.74 Å². The van der Waals surface area contributed by atoms with Crippen LogP contribution in [0.1, 0.15) is 120 Å². The monoisotopic (exact) mass is 494 g/mol. The van der Waals surface area contributed by atoms with E-state index in [0.717, 1.165) is 41.7 Å². The van der Waals surface area contributed by atoms with Crippen LogP contribution in [0.3, 0.4) is 0 Å². The Morgan fingerprint density at radius 3 is 2.08 bits per heavy atom. The molecule has 0 spiro atoms. The van der Waals surface area contributed by atoms with Gasteiger partial charge in [-0.15, -0.1) is 0 Å². The fraction of sp³-hybridized carbons (Fsp3) is 0.500. The molecule has 1 heteroatoms. The molecule has 0 saturated heterocycles. The Bertz CT molecular complexity index is 1140. The number of hydrogen-bond acceptors (Lipinski definition) is 1. The maximum absolute atomic E-state index is 5.98. The average Bonchev–Trinajstić information content (AvgIpc) is 2.94. The van der Waals surface area contributed by atoms with Crippen LogP contribution in [-0.4, -0.2) is 6.61 Å². The van der Waals surface area contributed by atoms with Crippen molar-refractivity contribution >= 4 is 10.8 Å². The second-order valence-electron chi connectivity index (χ2n) is 11.1. The van der Waals surface area contributed by atoms with Crippen molar-refractivity contribution in [3.8, 4) is 17.6 Å². The average molecular weight is 495 g/mol. The molecule has 3 aromatic rings. The summed E-state index contributed by atoms with van der Waals surface area (Å²) in [5.41, 5.74) is 3.66. The van der Waals surface area contributed by atoms with Crippen LogP contribution >= 0.6 is 0 Å². The van der Waals surface area contributed by atoms with E-state index in [1.54, 1.807) is 0 Å². The summed E-state index contributed by atoms with van der Waals surface area (Å²) < 4.78 is 5.98. The zero-order valence-corrected chi connectivity index (χ0v) is 23.2. The molecule has 4 rings (SSSR count). The molecule has 0 amide bonds. The highest BCUT2D eigenvalue weighted by Crippen LogP contribution is 2.37. The van der Waals surface area contributed by atoms with Gasteiger partial charge in [0, 0.05) is 11.1 Å². The molecule has 0 bridgehead atoms. The minimum absolute atomic E-state index is 0.736. The van der Waals surface area contributed by atoms with Crippen LogP contribution in [0.4, 0.5) is 0 Å². The Morgan fingerprint density at radius 2 is 1.30 bits per heavy atom. The number of benzene rings is 3. The van der Waals surface area contributed by atoms with Crippen LogP contribution in [0.15, 0.2) is 60.7 Å². The van der Waals surface area contributed by atoms with Crippen molar-refractivity contribution in [2.24, 2.45) is 5.92 Å². The van der Waals surface area contributed by atoms with Gasteiger partial charge in [0.2, 0.25) is 0 Å². The van der Waals surface area contributed by atoms with Gasteiger partial charge in [-0.1, -0.05) is 101 Å². The molecule has 1 saturated carbocycles. The second kappa shape index (κ2) is 14.9. The van der Waals surface area contributed by atoms with Gasteiger partial charge in [-0.2, -0.15) is 0 Å². The molecule has 0 heterocycles. The molecule has 0 N–H and O–H groups in total. The Hall–Kier alpha value is -2.72. The summed E-state index contributed by atoms with van der Waals surface area (Å²) in [5.74, 6) is 9.42. The largest absolute Gasteiger partial charge is 0.494 e. The topological polar surface area (TPSA) is 9.23 Å². The predicted octanol–water partition coefficient (Wildman–Crippen LogP) is 10.4. The van der Waals surface area contributed by atoms with Crippen LogP contribution in [-0.2, 0) is 0 Å². The van der Waals surface area contributed by atoms with Crippen molar-refractivity contribution in [3.05, 3.63) is 77.4 Å². The van der Waals surface area contributed by atoms with Gasteiger partial charge in [0.1, 0.15) is 5.75 Å². The van der Waals surface area contributed by atoms with E-state index in [0.29, 0.717) is 0 Å². The normalized spacial score (nSPS) is 17.4. The quantitative estimate of drug-likeness (QED) is 0.180. The van der Waals surface area contributed by atoms with Crippen LogP contribution in [0, 0.1) is 17.8 Å². The lowest BCUT2D eigenvalue weighted by Gasteiger charge is -2.29. The Labute approximate surface area is 226 Å². The SMILES string of the molecule is CCCCCCCOc1ccc2cc(C#Cc3ccc([C@H]4CC[C@H](CCCCC)CC4)cc3)ccc2c1. The highest BCUT2D eigenvalue weighted by molar-refractivity contribution is 5.85. The first-order valence-corrected chi connectivity index (χ1v) is 15.0. The molecule has 1 nitrogen and oxygen atoms in total. The minimum Gasteiger partial charge on any atom is -0.494 e. The fourth-order valence-corrected chi connectivity index (χ4v) is 5.74. The highest BCUT2D eigenvalue weighted by Gasteiger charge is 2.21. The summed E-state index contributed by atoms with van der Waals surface area (Å²) in [5, 5.41) is 2.42. The summed E-state index contributed by atoms with van der Waals surface area (Å²) in [6.07, 6.45) is 17.4. The lowest BCUT2D eigenvalue weighted by Crippen LogP contribution is -2.13. The molecule has 0 aromatic heterocycles. The number of fused-ring (bicyclic) bond motifs is 1. The Morgan fingerprint density at radius 1 is 0.649 bits per heavy atom. The summed E-state index contributed by atoms with van der Waals surface area (Å²) in [6.45, 7) is 5.35. The number of unbranched alkanes of at least 4 members (excludes halogenated alkanes) is 6. The van der Waals surface area contributed by atoms with Crippen molar-refractivity contribution in [2.45, 2.75) is 103 Å². The molecule has 196 valence electrons. The number of rotatable bonds is 12. The van der Waals surface area contributed by atoms with E-state index in [-0.39, 0.29) is 0 Å². The standard InChI is InChI=1S/C36H46O/c1-3-5-7-8-10-26-37-36-25-24-34-27-31(18-23-35(34)28-36)13-12-30-16-21-33(22-17-30)32-19-14-29(15-20-32)11-9-6-4-2/h16-18,21-25,27-29,32H,3-11,14-15,19-20,26H2,1-2H3/t29-,32-. The molecule has 0 atom stereocenters. The lowest BCUT2D eigenvalue weighted by molar-refractivity contribution is 0.303. The van der Waals surface area contributed by atoms with E-state index >= 15 is 0 Å². The molecule has 1 aliphatic rings. The lowest BCUT2D eigenvalue weighted by atomic mass is 9.77. The first kappa shape index (κ1) is 27.3. The Kier molecular flexibility index (Phi) is 11.0. The van der Waals surface area contributed by atoms with Crippen LogP contribution in [0.5, 0.6) is 5.75 Å². The van der Waals surface area contributed by atoms with Crippen molar-refractivity contribution in [3.63, 3.8) is 0 Å². The highest BCUT2D eigenvalue weighted by atomic mass is 16.5. The van der Waals surface area contributed by atoms with Crippen molar-refractivity contribution in [1.82, 2.24) is 0 Å².